The molecule has 2 heterocycles. The average molecular weight is 511 g/mol. The van der Waals surface area contributed by atoms with Gasteiger partial charge in [0.1, 0.15) is 11.6 Å². The van der Waals surface area contributed by atoms with E-state index in [9.17, 15) is 4.79 Å². The molecule has 4 aromatic rings. The summed E-state index contributed by atoms with van der Waals surface area (Å²) in [7, 11) is 1.93. The average Bonchev–Trinajstić information content (AvgIpc) is 2.91. The molecular formula is C29H34N8O. The summed E-state index contributed by atoms with van der Waals surface area (Å²) < 4.78 is 0. The molecule has 0 aliphatic heterocycles. The number of benzene rings is 2. The Kier molecular flexibility index (Phi) is 8.60. The van der Waals surface area contributed by atoms with Crippen molar-refractivity contribution in [2.75, 3.05) is 17.3 Å². The molecule has 9 heteroatoms. The molecule has 4 N–H and O–H groups in total. The highest BCUT2D eigenvalue weighted by Gasteiger charge is 2.14. The molecule has 0 aliphatic rings. The number of hydrogen-bond donors (Lipinski definition) is 3. The Morgan fingerprint density at radius 2 is 1.71 bits per heavy atom. The Bertz CT molecular complexity index is 1380. The summed E-state index contributed by atoms with van der Waals surface area (Å²) >= 11 is 0. The Morgan fingerprint density at radius 3 is 2.47 bits per heavy atom. The molecule has 2 aromatic heterocycles. The summed E-state index contributed by atoms with van der Waals surface area (Å²) in [5, 5.41) is 6.29. The van der Waals surface area contributed by atoms with Gasteiger partial charge >= 0.3 is 0 Å². The molecule has 0 radical (unpaired) electrons. The van der Waals surface area contributed by atoms with Crippen LogP contribution < -0.4 is 21.3 Å². The molecule has 0 aliphatic carbocycles. The number of anilines is 3. The van der Waals surface area contributed by atoms with E-state index in [0.29, 0.717) is 18.3 Å². The zero-order valence-electron chi connectivity index (χ0n) is 22.2. The van der Waals surface area contributed by atoms with E-state index < -0.39 is 6.04 Å². The van der Waals surface area contributed by atoms with E-state index >= 15 is 0 Å². The van der Waals surface area contributed by atoms with Gasteiger partial charge in [-0.05, 0) is 44.4 Å². The molecule has 196 valence electrons. The molecule has 4 rings (SSSR count). The van der Waals surface area contributed by atoms with Gasteiger partial charge in [0.15, 0.2) is 5.82 Å². The van der Waals surface area contributed by atoms with E-state index in [4.69, 9.17) is 15.7 Å². The maximum absolute atomic E-state index is 11.8. The number of aryl methyl sites for hydroxylation is 1. The second kappa shape index (κ2) is 12.2. The fourth-order valence-corrected chi connectivity index (χ4v) is 4.01. The van der Waals surface area contributed by atoms with Gasteiger partial charge in [0.25, 0.3) is 0 Å². The Morgan fingerprint density at radius 1 is 0.947 bits per heavy atom. The number of rotatable bonds is 10. The van der Waals surface area contributed by atoms with Crippen molar-refractivity contribution in [2.45, 2.75) is 45.8 Å². The van der Waals surface area contributed by atoms with Crippen LogP contribution in [0.25, 0.3) is 11.4 Å². The monoisotopic (exact) mass is 510 g/mol. The SMILES string of the molecule is Cc1cc(N(C)c2ccnc(-c3ccccc3)n2)nc(N[C@@H](C)Cc2cccc(CNC(=O)[C@H](C)N)c2)n1. The molecule has 2 atom stereocenters. The zero-order chi connectivity index (χ0) is 27.1. The van der Waals surface area contributed by atoms with Gasteiger partial charge in [-0.1, -0.05) is 54.6 Å². The van der Waals surface area contributed by atoms with Crippen LogP contribution in [-0.4, -0.2) is 45.0 Å². The lowest BCUT2D eigenvalue weighted by Crippen LogP contribution is -2.37. The largest absolute Gasteiger partial charge is 0.351 e. The van der Waals surface area contributed by atoms with Gasteiger partial charge < -0.3 is 21.3 Å². The quantitative estimate of drug-likeness (QED) is 0.292. The van der Waals surface area contributed by atoms with Crippen LogP contribution >= 0.6 is 0 Å². The number of carbonyl (C=O) groups is 1. The number of nitrogens with zero attached hydrogens (tertiary/aromatic N) is 5. The normalized spacial score (nSPS) is 12.4. The zero-order valence-corrected chi connectivity index (χ0v) is 22.2. The first-order valence-corrected chi connectivity index (χ1v) is 12.6. The van der Waals surface area contributed by atoms with E-state index in [1.807, 2.05) is 73.5 Å². The van der Waals surface area contributed by atoms with Crippen molar-refractivity contribution in [1.82, 2.24) is 25.3 Å². The number of carbonyl (C=O) groups excluding carboxylic acids is 1. The first kappa shape index (κ1) is 26.7. The predicted molar refractivity (Wildman–Crippen MR) is 151 cm³/mol. The minimum Gasteiger partial charge on any atom is -0.351 e. The Labute approximate surface area is 223 Å². The van der Waals surface area contributed by atoms with Crippen molar-refractivity contribution >= 4 is 23.5 Å². The third-order valence-corrected chi connectivity index (χ3v) is 5.99. The van der Waals surface area contributed by atoms with Crippen LogP contribution in [0.5, 0.6) is 0 Å². The molecule has 0 fully saturated rings. The molecule has 0 unspecified atom stereocenters. The Balaban J connectivity index is 1.44. The molecule has 0 saturated heterocycles. The molecule has 1 amide bonds. The summed E-state index contributed by atoms with van der Waals surface area (Å²) in [5.41, 5.74) is 9.61. The van der Waals surface area contributed by atoms with Crippen molar-refractivity contribution in [1.29, 1.82) is 0 Å². The fourth-order valence-electron chi connectivity index (χ4n) is 4.01. The highest BCUT2D eigenvalue weighted by molar-refractivity contribution is 5.80. The van der Waals surface area contributed by atoms with Gasteiger partial charge in [-0.25, -0.2) is 15.0 Å². The lowest BCUT2D eigenvalue weighted by molar-refractivity contribution is -0.122. The van der Waals surface area contributed by atoms with Crippen LogP contribution in [0.3, 0.4) is 0 Å². The third-order valence-electron chi connectivity index (χ3n) is 5.99. The number of amides is 1. The van der Waals surface area contributed by atoms with Crippen LogP contribution in [-0.2, 0) is 17.8 Å². The Hall–Kier alpha value is -4.37. The molecule has 0 saturated carbocycles. The van der Waals surface area contributed by atoms with E-state index in [1.54, 1.807) is 13.1 Å². The number of hydrogen-bond acceptors (Lipinski definition) is 8. The van der Waals surface area contributed by atoms with Crippen LogP contribution in [0.1, 0.15) is 30.7 Å². The number of nitrogens with one attached hydrogen (secondary N) is 2. The maximum atomic E-state index is 11.8. The van der Waals surface area contributed by atoms with Gasteiger partial charge in [-0.2, -0.15) is 4.98 Å². The second-order valence-corrected chi connectivity index (χ2v) is 9.43. The summed E-state index contributed by atoms with van der Waals surface area (Å²) in [4.78, 5) is 32.2. The summed E-state index contributed by atoms with van der Waals surface area (Å²) in [5.74, 6) is 2.52. The van der Waals surface area contributed by atoms with Gasteiger partial charge in [0.2, 0.25) is 11.9 Å². The highest BCUT2D eigenvalue weighted by atomic mass is 16.2. The van der Waals surface area contributed by atoms with E-state index in [-0.39, 0.29) is 11.9 Å². The first-order chi connectivity index (χ1) is 18.3. The van der Waals surface area contributed by atoms with Crippen LogP contribution in [0, 0.1) is 6.92 Å². The van der Waals surface area contributed by atoms with Crippen molar-refractivity contribution in [3.63, 3.8) is 0 Å². The van der Waals surface area contributed by atoms with Crippen molar-refractivity contribution in [2.24, 2.45) is 5.73 Å². The molecule has 38 heavy (non-hydrogen) atoms. The molecular weight excluding hydrogens is 476 g/mol. The second-order valence-electron chi connectivity index (χ2n) is 9.43. The molecule has 0 bridgehead atoms. The minimum atomic E-state index is -0.527. The number of aromatic nitrogens is 4. The van der Waals surface area contributed by atoms with Gasteiger partial charge in [-0.3, -0.25) is 4.79 Å². The molecule has 2 aromatic carbocycles. The van der Waals surface area contributed by atoms with Crippen molar-refractivity contribution in [3.8, 4) is 11.4 Å². The first-order valence-electron chi connectivity index (χ1n) is 12.6. The smallest absolute Gasteiger partial charge is 0.236 e. The fraction of sp³-hybridized carbons (Fsp3) is 0.276. The van der Waals surface area contributed by atoms with Gasteiger partial charge in [0, 0.05) is 43.2 Å². The van der Waals surface area contributed by atoms with Gasteiger partial charge in [-0.15, -0.1) is 0 Å². The maximum Gasteiger partial charge on any atom is 0.236 e. The van der Waals surface area contributed by atoms with Crippen LogP contribution in [0.2, 0.25) is 0 Å². The number of nitrogens with two attached hydrogens (primary N) is 1. The summed E-state index contributed by atoms with van der Waals surface area (Å²) in [6.45, 7) is 6.16. The third kappa shape index (κ3) is 7.10. The summed E-state index contributed by atoms with van der Waals surface area (Å²) in [6, 6.07) is 21.4. The summed E-state index contributed by atoms with van der Waals surface area (Å²) in [6.07, 6.45) is 2.52. The molecule has 9 nitrogen and oxygen atoms in total. The van der Waals surface area contributed by atoms with E-state index in [1.165, 1.54) is 0 Å². The lowest BCUT2D eigenvalue weighted by Gasteiger charge is -2.20. The minimum absolute atomic E-state index is 0.0765. The topological polar surface area (TPSA) is 122 Å². The van der Waals surface area contributed by atoms with Crippen LogP contribution in [0.4, 0.5) is 17.6 Å². The van der Waals surface area contributed by atoms with E-state index in [2.05, 4.69) is 39.7 Å². The molecule has 0 spiro atoms. The van der Waals surface area contributed by atoms with Crippen LogP contribution in [0.15, 0.2) is 72.9 Å². The highest BCUT2D eigenvalue weighted by Crippen LogP contribution is 2.24. The van der Waals surface area contributed by atoms with Crippen molar-refractivity contribution < 1.29 is 4.79 Å². The van der Waals surface area contributed by atoms with Gasteiger partial charge in [0.05, 0.1) is 6.04 Å². The lowest BCUT2D eigenvalue weighted by atomic mass is 10.0. The van der Waals surface area contributed by atoms with E-state index in [0.717, 1.165) is 40.4 Å². The predicted octanol–water partition coefficient (Wildman–Crippen LogP) is 4.02. The van der Waals surface area contributed by atoms with Crippen molar-refractivity contribution in [3.05, 3.63) is 89.7 Å². The standard InChI is InChI=1S/C29H34N8O/c1-19(15-22-9-8-10-23(17-22)18-32-28(38)21(3)30)33-29-34-20(2)16-26(36-29)37(4)25-13-14-31-27(35-25)24-11-6-5-7-12-24/h5-14,16-17,19,21H,15,18,30H2,1-4H3,(H,32,38)(H,33,34,36)/t19-,21-/m0/s1.